The number of nitrogens with zero attached hydrogens (tertiary/aromatic N) is 1. The van der Waals surface area contributed by atoms with Crippen LogP contribution >= 0.6 is 0 Å². The molecule has 28 heavy (non-hydrogen) atoms. The van der Waals surface area contributed by atoms with Crippen LogP contribution in [0, 0.1) is 6.92 Å². The van der Waals surface area contributed by atoms with Crippen molar-refractivity contribution in [3.05, 3.63) is 81.8 Å². The molecule has 1 amide bonds. The molecule has 0 bridgehead atoms. The Morgan fingerprint density at radius 2 is 2.00 bits per heavy atom. The highest BCUT2D eigenvalue weighted by Gasteiger charge is 2.23. The summed E-state index contributed by atoms with van der Waals surface area (Å²) in [5.41, 5.74) is 4.27. The molecule has 142 valence electrons. The van der Waals surface area contributed by atoms with Crippen LogP contribution in [0.15, 0.2) is 59.4 Å². The number of aryl methyl sites for hydroxylation is 1. The lowest BCUT2D eigenvalue weighted by Gasteiger charge is -2.25. The second-order valence-electron chi connectivity index (χ2n) is 6.87. The lowest BCUT2D eigenvalue weighted by Crippen LogP contribution is -2.22. The lowest BCUT2D eigenvalue weighted by atomic mass is 9.95. The Hall–Kier alpha value is -3.25. The molecule has 1 aromatic heterocycles. The molecule has 0 saturated heterocycles. The second kappa shape index (κ2) is 7.78. The van der Waals surface area contributed by atoms with Crippen molar-refractivity contribution >= 4 is 11.6 Å². The third-order valence-corrected chi connectivity index (χ3v) is 4.78. The molecule has 1 aliphatic rings. The Morgan fingerprint density at radius 3 is 2.79 bits per heavy atom. The molecule has 2 aromatic carbocycles. The largest absolute Gasteiger partial charge is 0.373 e. The number of H-pyrrole nitrogens is 1. The number of carbonyl (C=O) groups excluding carboxylic acids is 1. The van der Waals surface area contributed by atoms with E-state index in [9.17, 15) is 9.59 Å². The molecule has 6 heteroatoms. The SMILES string of the molecule is Cc1cc(=O)[nH]c(-c2ccc(NC(=O)CC3OCCc4ccccc43)cc2)n1. The zero-order chi connectivity index (χ0) is 19.5. The first-order valence-corrected chi connectivity index (χ1v) is 9.26. The lowest BCUT2D eigenvalue weighted by molar-refractivity contribution is -0.119. The summed E-state index contributed by atoms with van der Waals surface area (Å²) < 4.78 is 5.81. The van der Waals surface area contributed by atoms with Gasteiger partial charge in [-0.3, -0.25) is 9.59 Å². The number of aromatic nitrogens is 2. The van der Waals surface area contributed by atoms with Gasteiger partial charge in [0.1, 0.15) is 5.82 Å². The van der Waals surface area contributed by atoms with Crippen molar-refractivity contribution in [2.75, 3.05) is 11.9 Å². The first-order chi connectivity index (χ1) is 13.6. The number of carbonyl (C=O) groups is 1. The highest BCUT2D eigenvalue weighted by molar-refractivity contribution is 5.91. The first-order valence-electron chi connectivity index (χ1n) is 9.26. The van der Waals surface area contributed by atoms with Crippen molar-refractivity contribution < 1.29 is 9.53 Å². The third-order valence-electron chi connectivity index (χ3n) is 4.78. The zero-order valence-corrected chi connectivity index (χ0v) is 15.6. The van der Waals surface area contributed by atoms with Gasteiger partial charge in [-0.1, -0.05) is 24.3 Å². The molecule has 2 N–H and O–H groups in total. The van der Waals surface area contributed by atoms with Gasteiger partial charge in [0.15, 0.2) is 0 Å². The molecule has 1 aliphatic heterocycles. The van der Waals surface area contributed by atoms with Crippen molar-refractivity contribution in [1.29, 1.82) is 0 Å². The standard InChI is InChI=1S/C22H21N3O3/c1-14-12-20(26)25-22(23-14)16-6-8-17(9-7-16)24-21(27)13-19-18-5-3-2-4-15(18)10-11-28-19/h2-9,12,19H,10-11,13H2,1H3,(H,24,27)(H,23,25,26). The van der Waals surface area contributed by atoms with E-state index in [4.69, 9.17) is 4.74 Å². The minimum atomic E-state index is -0.217. The smallest absolute Gasteiger partial charge is 0.251 e. The summed E-state index contributed by atoms with van der Waals surface area (Å²) >= 11 is 0. The number of hydrogen-bond acceptors (Lipinski definition) is 4. The van der Waals surface area contributed by atoms with Crippen LogP contribution in [0.3, 0.4) is 0 Å². The zero-order valence-electron chi connectivity index (χ0n) is 15.6. The number of benzene rings is 2. The number of aromatic amines is 1. The fourth-order valence-electron chi connectivity index (χ4n) is 3.45. The maximum absolute atomic E-state index is 12.5. The van der Waals surface area contributed by atoms with Gasteiger partial charge < -0.3 is 15.0 Å². The van der Waals surface area contributed by atoms with E-state index in [0.717, 1.165) is 17.5 Å². The Labute approximate surface area is 162 Å². The molecule has 1 atom stereocenters. The highest BCUT2D eigenvalue weighted by atomic mass is 16.5. The Balaban J connectivity index is 1.44. The Morgan fingerprint density at radius 1 is 1.21 bits per heavy atom. The minimum absolute atomic E-state index is 0.100. The van der Waals surface area contributed by atoms with Gasteiger partial charge in [0.2, 0.25) is 5.91 Å². The molecule has 1 unspecified atom stereocenters. The van der Waals surface area contributed by atoms with Gasteiger partial charge in [0.25, 0.3) is 5.56 Å². The number of ether oxygens (including phenoxy) is 1. The van der Waals surface area contributed by atoms with Crippen LogP contribution in [-0.2, 0) is 16.0 Å². The summed E-state index contributed by atoms with van der Waals surface area (Å²) in [7, 11) is 0. The number of rotatable bonds is 4. The summed E-state index contributed by atoms with van der Waals surface area (Å²) in [6.07, 6.45) is 0.932. The fourth-order valence-corrected chi connectivity index (χ4v) is 3.45. The molecule has 0 aliphatic carbocycles. The van der Waals surface area contributed by atoms with Gasteiger partial charge in [-0.05, 0) is 48.7 Å². The summed E-state index contributed by atoms with van der Waals surface area (Å²) in [5.74, 6) is 0.409. The van der Waals surface area contributed by atoms with Crippen molar-refractivity contribution in [2.24, 2.45) is 0 Å². The van der Waals surface area contributed by atoms with Gasteiger partial charge in [0, 0.05) is 23.0 Å². The third kappa shape index (κ3) is 4.02. The van der Waals surface area contributed by atoms with Gasteiger partial charge in [-0.2, -0.15) is 0 Å². The van der Waals surface area contributed by atoms with E-state index in [1.807, 2.05) is 30.3 Å². The second-order valence-corrected chi connectivity index (χ2v) is 6.87. The van der Waals surface area contributed by atoms with Gasteiger partial charge in [0.05, 0.1) is 19.1 Å². The molecule has 6 nitrogen and oxygen atoms in total. The average Bonchev–Trinajstić information content (AvgIpc) is 2.68. The van der Waals surface area contributed by atoms with E-state index in [2.05, 4.69) is 21.4 Å². The molecule has 3 aromatic rings. The van der Waals surface area contributed by atoms with Gasteiger partial charge >= 0.3 is 0 Å². The number of nitrogens with one attached hydrogen (secondary N) is 2. The topological polar surface area (TPSA) is 84.1 Å². The Bertz CT molecular complexity index is 1060. The van der Waals surface area contributed by atoms with E-state index < -0.39 is 0 Å². The number of hydrogen-bond donors (Lipinski definition) is 2. The van der Waals surface area contributed by atoms with Crippen molar-refractivity contribution in [3.8, 4) is 11.4 Å². The summed E-state index contributed by atoms with van der Waals surface area (Å²) in [6, 6.07) is 16.8. The summed E-state index contributed by atoms with van der Waals surface area (Å²) in [6.45, 7) is 2.41. The molecule has 2 heterocycles. The normalized spacial score (nSPS) is 15.7. The van der Waals surface area contributed by atoms with Crippen LogP contribution in [0.1, 0.15) is 29.3 Å². The molecule has 0 saturated carbocycles. The first kappa shape index (κ1) is 18.1. The molecular weight excluding hydrogens is 354 g/mol. The van der Waals surface area contributed by atoms with Crippen LogP contribution in [0.5, 0.6) is 0 Å². The summed E-state index contributed by atoms with van der Waals surface area (Å²) in [5, 5.41) is 2.91. The van der Waals surface area contributed by atoms with E-state index in [1.165, 1.54) is 11.6 Å². The van der Waals surface area contributed by atoms with Crippen LogP contribution in [-0.4, -0.2) is 22.5 Å². The van der Waals surface area contributed by atoms with E-state index in [-0.39, 0.29) is 24.0 Å². The minimum Gasteiger partial charge on any atom is -0.373 e. The molecular formula is C22H21N3O3. The summed E-state index contributed by atoms with van der Waals surface area (Å²) in [4.78, 5) is 31.1. The predicted octanol–water partition coefficient (Wildman–Crippen LogP) is 3.39. The maximum atomic E-state index is 12.5. The molecule has 4 rings (SSSR count). The van der Waals surface area contributed by atoms with E-state index in [0.29, 0.717) is 23.8 Å². The van der Waals surface area contributed by atoms with Gasteiger partial charge in [-0.15, -0.1) is 0 Å². The van der Waals surface area contributed by atoms with Crippen molar-refractivity contribution in [3.63, 3.8) is 0 Å². The number of amides is 1. The molecule has 0 radical (unpaired) electrons. The maximum Gasteiger partial charge on any atom is 0.251 e. The average molecular weight is 375 g/mol. The van der Waals surface area contributed by atoms with Crippen molar-refractivity contribution in [2.45, 2.75) is 25.9 Å². The van der Waals surface area contributed by atoms with Crippen LogP contribution in [0.2, 0.25) is 0 Å². The van der Waals surface area contributed by atoms with E-state index >= 15 is 0 Å². The predicted molar refractivity (Wildman–Crippen MR) is 107 cm³/mol. The Kier molecular flexibility index (Phi) is 5.04. The quantitative estimate of drug-likeness (QED) is 0.732. The molecule has 0 spiro atoms. The van der Waals surface area contributed by atoms with Crippen LogP contribution in [0.25, 0.3) is 11.4 Å². The fraction of sp³-hybridized carbons (Fsp3) is 0.227. The van der Waals surface area contributed by atoms with Gasteiger partial charge in [-0.25, -0.2) is 4.98 Å². The molecule has 0 fully saturated rings. The van der Waals surface area contributed by atoms with Crippen molar-refractivity contribution in [1.82, 2.24) is 9.97 Å². The van der Waals surface area contributed by atoms with Crippen LogP contribution in [0.4, 0.5) is 5.69 Å². The number of fused-ring (bicyclic) bond motifs is 1. The number of anilines is 1. The van der Waals surface area contributed by atoms with Crippen LogP contribution < -0.4 is 10.9 Å². The van der Waals surface area contributed by atoms with E-state index in [1.54, 1.807) is 19.1 Å². The highest BCUT2D eigenvalue weighted by Crippen LogP contribution is 2.29. The monoisotopic (exact) mass is 375 g/mol.